The van der Waals surface area contributed by atoms with Crippen LogP contribution in [-0.4, -0.2) is 0 Å². The summed E-state index contributed by atoms with van der Waals surface area (Å²) >= 11 is 0. The lowest BCUT2D eigenvalue weighted by Gasteiger charge is -2.33. The highest BCUT2D eigenvalue weighted by Crippen LogP contribution is 2.53. The Kier molecular flexibility index (Phi) is 9.30. The quantitative estimate of drug-likeness (QED) is 0.239. The van der Waals surface area contributed by atoms with Crippen LogP contribution in [-0.2, 0) is 17.3 Å². The Labute approximate surface area is 215 Å². The van der Waals surface area contributed by atoms with Gasteiger partial charge in [0.25, 0.3) is 0 Å². The van der Waals surface area contributed by atoms with Crippen molar-refractivity contribution in [3.63, 3.8) is 0 Å². The second kappa shape index (κ2) is 11.6. The smallest absolute Gasteiger partial charge is 0.414 e. The maximum absolute atomic E-state index is 15.6. The van der Waals surface area contributed by atoms with Crippen LogP contribution in [0.2, 0.25) is 0 Å². The second-order valence-electron chi connectivity index (χ2n) is 11.9. The number of fused-ring (bicyclic) bond motifs is 2. The van der Waals surface area contributed by atoms with Crippen LogP contribution in [0.1, 0.15) is 126 Å². The minimum atomic E-state index is -2.59. The molecule has 0 saturated heterocycles. The van der Waals surface area contributed by atoms with Crippen molar-refractivity contribution in [2.24, 2.45) is 0 Å². The fourth-order valence-electron chi connectivity index (χ4n) is 5.45. The van der Waals surface area contributed by atoms with E-state index in [0.29, 0.717) is 17.9 Å². The van der Waals surface area contributed by atoms with Gasteiger partial charge in [0.15, 0.2) is 0 Å². The summed E-state index contributed by atoms with van der Waals surface area (Å²) in [5.74, 6) is 1.39. The Morgan fingerprint density at radius 2 is 1.11 bits per heavy atom. The fourth-order valence-corrected chi connectivity index (χ4v) is 6.21. The van der Waals surface area contributed by atoms with E-state index in [1.807, 2.05) is 0 Å². The number of hydrogen-bond acceptors (Lipinski definition) is 2. The molecule has 194 valence electrons. The van der Waals surface area contributed by atoms with Gasteiger partial charge in [0.1, 0.15) is 11.5 Å². The van der Waals surface area contributed by atoms with Gasteiger partial charge < -0.3 is 9.05 Å². The molecule has 0 spiro atoms. The third kappa shape index (κ3) is 6.79. The maximum Gasteiger partial charge on any atom is 0.505 e. The molecule has 3 rings (SSSR count). The summed E-state index contributed by atoms with van der Waals surface area (Å²) in [4.78, 5) is 0. The van der Waals surface area contributed by atoms with E-state index in [9.17, 15) is 0 Å². The van der Waals surface area contributed by atoms with Gasteiger partial charge >= 0.3 is 8.69 Å². The van der Waals surface area contributed by atoms with Gasteiger partial charge in [-0.3, -0.25) is 0 Å². The molecule has 0 unspecified atom stereocenters. The number of aryl methyl sites for hydroxylation is 2. The molecule has 0 bridgehead atoms. The van der Waals surface area contributed by atoms with Crippen LogP contribution in [0.3, 0.4) is 0 Å². The summed E-state index contributed by atoms with van der Waals surface area (Å²) in [6, 6.07) is 8.73. The highest BCUT2D eigenvalue weighted by Gasteiger charge is 2.34. The van der Waals surface area contributed by atoms with Crippen LogP contribution >= 0.6 is 8.69 Å². The average molecular weight is 501 g/mol. The van der Waals surface area contributed by atoms with E-state index >= 15 is 4.20 Å². The van der Waals surface area contributed by atoms with Gasteiger partial charge in [-0.1, -0.05) is 115 Å². The second-order valence-corrected chi connectivity index (χ2v) is 12.6. The number of hydrogen-bond donors (Lipinski definition) is 0. The largest absolute Gasteiger partial charge is 0.505 e. The van der Waals surface area contributed by atoms with Crippen molar-refractivity contribution in [2.45, 2.75) is 124 Å². The number of benzene rings is 2. The van der Waals surface area contributed by atoms with E-state index in [1.165, 1.54) is 36.8 Å². The van der Waals surface area contributed by atoms with Crippen LogP contribution in [0.4, 0.5) is 4.20 Å². The summed E-state index contributed by atoms with van der Waals surface area (Å²) in [6.07, 6.45) is 9.91. The Hall–Kier alpha value is -1.60. The van der Waals surface area contributed by atoms with Crippen molar-refractivity contribution in [2.75, 3.05) is 0 Å². The van der Waals surface area contributed by atoms with E-state index in [1.54, 1.807) is 0 Å². The molecule has 4 heteroatoms. The molecule has 0 atom stereocenters. The van der Waals surface area contributed by atoms with Crippen LogP contribution in [0.15, 0.2) is 24.3 Å². The Bertz CT molecular complexity index is 932. The minimum Gasteiger partial charge on any atom is -0.414 e. The molecule has 2 aromatic rings. The van der Waals surface area contributed by atoms with E-state index in [0.717, 1.165) is 47.9 Å². The predicted octanol–water partition coefficient (Wildman–Crippen LogP) is 10.6. The van der Waals surface area contributed by atoms with Crippen molar-refractivity contribution in [3.05, 3.63) is 57.6 Å². The SMILES string of the molecule is CCCCCC(C)(C)c1cc(C)cc2c1OP(F)Oc1c(cc(C)cc1C(C)(C)CCCCC)C2. The first kappa shape index (κ1) is 28.0. The lowest BCUT2D eigenvalue weighted by molar-refractivity contribution is 0.389. The summed E-state index contributed by atoms with van der Waals surface area (Å²) < 4.78 is 27.6. The zero-order valence-corrected chi connectivity index (χ0v) is 24.2. The van der Waals surface area contributed by atoms with Gasteiger partial charge in [0.2, 0.25) is 0 Å². The van der Waals surface area contributed by atoms with E-state index in [2.05, 4.69) is 79.7 Å². The monoisotopic (exact) mass is 500 g/mol. The summed E-state index contributed by atoms with van der Waals surface area (Å²) in [5.41, 5.74) is 6.56. The lowest BCUT2D eigenvalue weighted by Crippen LogP contribution is -2.21. The molecule has 35 heavy (non-hydrogen) atoms. The van der Waals surface area contributed by atoms with Gasteiger partial charge in [-0.15, -0.1) is 4.20 Å². The summed E-state index contributed by atoms with van der Waals surface area (Å²) in [6.45, 7) is 17.8. The first-order chi connectivity index (χ1) is 16.5. The molecule has 0 aliphatic carbocycles. The van der Waals surface area contributed by atoms with Crippen LogP contribution in [0.5, 0.6) is 11.5 Å². The van der Waals surface area contributed by atoms with Crippen LogP contribution in [0, 0.1) is 13.8 Å². The molecular weight excluding hydrogens is 454 g/mol. The number of unbranched alkanes of at least 4 members (excludes halogenated alkanes) is 4. The Morgan fingerprint density at radius 3 is 1.49 bits per heavy atom. The molecule has 1 aliphatic heterocycles. The zero-order valence-electron chi connectivity index (χ0n) is 23.3. The molecule has 0 radical (unpaired) electrons. The summed E-state index contributed by atoms with van der Waals surface area (Å²) in [5, 5.41) is 0. The minimum absolute atomic E-state index is 0.0947. The average Bonchev–Trinajstić information content (AvgIpc) is 2.76. The molecule has 0 saturated carbocycles. The molecule has 1 heterocycles. The van der Waals surface area contributed by atoms with Gasteiger partial charge in [-0.2, -0.15) is 0 Å². The fraction of sp³-hybridized carbons (Fsp3) is 0.613. The van der Waals surface area contributed by atoms with Crippen molar-refractivity contribution in [1.29, 1.82) is 0 Å². The van der Waals surface area contributed by atoms with Gasteiger partial charge in [-0.25, -0.2) is 0 Å². The molecule has 2 nitrogen and oxygen atoms in total. The highest BCUT2D eigenvalue weighted by molar-refractivity contribution is 7.42. The third-order valence-corrected chi connectivity index (χ3v) is 8.25. The van der Waals surface area contributed by atoms with Crippen molar-refractivity contribution in [1.82, 2.24) is 0 Å². The van der Waals surface area contributed by atoms with E-state index < -0.39 is 8.69 Å². The highest BCUT2D eigenvalue weighted by atomic mass is 31.2. The molecule has 0 fully saturated rings. The van der Waals surface area contributed by atoms with Crippen molar-refractivity contribution < 1.29 is 13.2 Å². The number of rotatable bonds is 10. The molecule has 0 aromatic heterocycles. The normalized spacial score (nSPS) is 14.4. The summed E-state index contributed by atoms with van der Waals surface area (Å²) in [7, 11) is -2.59. The Balaban J connectivity index is 2.09. The molecule has 0 N–H and O–H groups in total. The maximum atomic E-state index is 15.6. The lowest BCUT2D eigenvalue weighted by atomic mass is 9.76. The van der Waals surface area contributed by atoms with Gasteiger partial charge in [0.05, 0.1) is 0 Å². The standard InChI is InChI=1S/C31H46FO2P/c1-9-11-13-15-30(5,6)26-19-22(3)17-24-21-25-18-23(4)20-27(31(7,8)16-14-12-10-2)29(25)34-35(32)33-28(24)26/h17-20H,9-16,21H2,1-8H3. The molecule has 0 amide bonds. The molecule has 2 aromatic carbocycles. The van der Waals surface area contributed by atoms with E-state index in [4.69, 9.17) is 9.05 Å². The van der Waals surface area contributed by atoms with Crippen molar-refractivity contribution in [3.8, 4) is 11.5 Å². The topological polar surface area (TPSA) is 18.5 Å². The van der Waals surface area contributed by atoms with Crippen LogP contribution in [0.25, 0.3) is 0 Å². The Morgan fingerprint density at radius 1 is 0.714 bits per heavy atom. The van der Waals surface area contributed by atoms with Crippen LogP contribution < -0.4 is 9.05 Å². The van der Waals surface area contributed by atoms with Crippen molar-refractivity contribution >= 4 is 8.69 Å². The first-order valence-electron chi connectivity index (χ1n) is 13.6. The van der Waals surface area contributed by atoms with Gasteiger partial charge in [0, 0.05) is 17.5 Å². The number of halogens is 1. The zero-order chi connectivity index (χ0) is 25.8. The third-order valence-electron chi connectivity index (χ3n) is 7.60. The van der Waals surface area contributed by atoms with Gasteiger partial charge in [-0.05, 0) is 48.6 Å². The molecular formula is C31H46FO2P. The first-order valence-corrected chi connectivity index (χ1v) is 14.6. The van der Waals surface area contributed by atoms with E-state index in [-0.39, 0.29) is 10.8 Å². The predicted molar refractivity (Wildman–Crippen MR) is 149 cm³/mol. The molecule has 1 aliphatic rings.